The van der Waals surface area contributed by atoms with Crippen molar-refractivity contribution < 1.29 is 0 Å². The van der Waals surface area contributed by atoms with Crippen LogP contribution < -0.4 is 0 Å². The second-order valence-electron chi connectivity index (χ2n) is 4.10. The molecule has 0 amide bonds. The largest absolute Gasteiger partial charge is 0.361 e. The van der Waals surface area contributed by atoms with Gasteiger partial charge in [0.05, 0.1) is 22.7 Å². The summed E-state index contributed by atoms with van der Waals surface area (Å²) in [6.45, 7) is 0. The summed E-state index contributed by atoms with van der Waals surface area (Å²) >= 11 is 0. The molecule has 0 saturated heterocycles. The predicted molar refractivity (Wildman–Crippen MR) is 68.9 cm³/mol. The van der Waals surface area contributed by atoms with Gasteiger partial charge in [-0.2, -0.15) is 0 Å². The van der Waals surface area contributed by atoms with Crippen LogP contribution in [0, 0.1) is 0 Å². The van der Waals surface area contributed by atoms with Gasteiger partial charge < -0.3 is 4.98 Å². The highest BCUT2D eigenvalue weighted by atomic mass is 14.7. The Balaban J connectivity index is 2.41. The van der Waals surface area contributed by atoms with E-state index in [-0.39, 0.29) is 0 Å². The molecule has 0 aliphatic heterocycles. The van der Waals surface area contributed by atoms with Gasteiger partial charge in [0.25, 0.3) is 0 Å². The van der Waals surface area contributed by atoms with Gasteiger partial charge in [-0.05, 0) is 23.6 Å². The average molecular weight is 219 g/mol. The van der Waals surface area contributed by atoms with Crippen LogP contribution >= 0.6 is 0 Å². The molecule has 3 aromatic heterocycles. The first kappa shape index (κ1) is 8.70. The van der Waals surface area contributed by atoms with Crippen molar-refractivity contribution in [2.45, 2.75) is 0 Å². The van der Waals surface area contributed by atoms with E-state index >= 15 is 0 Å². The molecule has 0 saturated carbocycles. The van der Waals surface area contributed by atoms with Gasteiger partial charge in [0, 0.05) is 23.2 Å². The molecule has 17 heavy (non-hydrogen) atoms. The second kappa shape index (κ2) is 3.04. The molecule has 3 nitrogen and oxygen atoms in total. The van der Waals surface area contributed by atoms with Gasteiger partial charge in [0.15, 0.2) is 0 Å². The smallest absolute Gasteiger partial charge is 0.0892 e. The maximum absolute atomic E-state index is 4.45. The first-order valence-corrected chi connectivity index (χ1v) is 5.53. The number of pyridine rings is 2. The van der Waals surface area contributed by atoms with Crippen molar-refractivity contribution in [3.05, 3.63) is 48.9 Å². The maximum Gasteiger partial charge on any atom is 0.0892 e. The summed E-state index contributed by atoms with van der Waals surface area (Å²) < 4.78 is 0. The fraction of sp³-hybridized carbons (Fsp3) is 0. The van der Waals surface area contributed by atoms with Gasteiger partial charge in [-0.3, -0.25) is 9.97 Å². The van der Waals surface area contributed by atoms with Crippen LogP contribution in [-0.4, -0.2) is 15.0 Å². The first-order valence-electron chi connectivity index (χ1n) is 5.53. The van der Waals surface area contributed by atoms with E-state index in [2.05, 4.69) is 33.2 Å². The van der Waals surface area contributed by atoms with E-state index in [1.54, 1.807) is 0 Å². The number of aromatic nitrogens is 3. The Kier molecular flexibility index (Phi) is 1.56. The molecule has 0 radical (unpaired) electrons. The molecular weight excluding hydrogens is 210 g/mol. The first-order chi connectivity index (χ1) is 8.43. The summed E-state index contributed by atoms with van der Waals surface area (Å²) in [6, 6.07) is 10.3. The summed E-state index contributed by atoms with van der Waals surface area (Å²) in [6.07, 6.45) is 5.59. The highest BCUT2D eigenvalue weighted by Gasteiger charge is 2.06. The Morgan fingerprint density at radius 1 is 0.941 bits per heavy atom. The zero-order valence-corrected chi connectivity index (χ0v) is 9.01. The Morgan fingerprint density at radius 2 is 1.94 bits per heavy atom. The highest BCUT2D eigenvalue weighted by molar-refractivity contribution is 6.16. The van der Waals surface area contributed by atoms with Gasteiger partial charge in [-0.1, -0.05) is 12.1 Å². The summed E-state index contributed by atoms with van der Waals surface area (Å²) in [5.41, 5.74) is 3.07. The highest BCUT2D eigenvalue weighted by Crippen LogP contribution is 2.28. The molecule has 0 fully saturated rings. The minimum atomic E-state index is 0.947. The molecule has 3 heteroatoms. The third kappa shape index (κ3) is 1.11. The molecule has 1 N–H and O–H groups in total. The van der Waals surface area contributed by atoms with Crippen LogP contribution in [0.3, 0.4) is 0 Å². The topological polar surface area (TPSA) is 41.6 Å². The van der Waals surface area contributed by atoms with Crippen molar-refractivity contribution in [1.82, 2.24) is 15.0 Å². The molecule has 0 atom stereocenters. The molecule has 0 aliphatic rings. The van der Waals surface area contributed by atoms with Crippen LogP contribution in [0.15, 0.2) is 48.9 Å². The summed E-state index contributed by atoms with van der Waals surface area (Å²) in [5, 5.41) is 3.50. The summed E-state index contributed by atoms with van der Waals surface area (Å²) in [4.78, 5) is 12.1. The van der Waals surface area contributed by atoms with Crippen LogP contribution in [0.2, 0.25) is 0 Å². The number of fused-ring (bicyclic) bond motifs is 5. The lowest BCUT2D eigenvalue weighted by Gasteiger charge is -2.04. The summed E-state index contributed by atoms with van der Waals surface area (Å²) in [7, 11) is 0. The van der Waals surface area contributed by atoms with Gasteiger partial charge >= 0.3 is 0 Å². The fourth-order valence-electron chi connectivity index (χ4n) is 2.36. The van der Waals surface area contributed by atoms with Crippen LogP contribution in [0.4, 0.5) is 0 Å². The molecule has 3 heterocycles. The predicted octanol–water partition coefficient (Wildman–Crippen LogP) is 3.26. The number of benzene rings is 1. The lowest BCUT2D eigenvalue weighted by atomic mass is 10.1. The number of aromatic amines is 1. The van der Waals surface area contributed by atoms with Crippen LogP contribution in [-0.2, 0) is 0 Å². The van der Waals surface area contributed by atoms with E-state index in [1.807, 2.05) is 30.7 Å². The number of H-pyrrole nitrogens is 1. The average Bonchev–Trinajstić information content (AvgIpc) is 2.86. The third-order valence-corrected chi connectivity index (χ3v) is 3.14. The maximum atomic E-state index is 4.45. The number of hydrogen-bond acceptors (Lipinski definition) is 2. The zero-order valence-electron chi connectivity index (χ0n) is 9.01. The van der Waals surface area contributed by atoms with E-state index in [4.69, 9.17) is 0 Å². The van der Waals surface area contributed by atoms with E-state index in [0.717, 1.165) is 27.3 Å². The lowest BCUT2D eigenvalue weighted by Crippen LogP contribution is -1.84. The van der Waals surface area contributed by atoms with Gasteiger partial charge in [-0.15, -0.1) is 0 Å². The van der Waals surface area contributed by atoms with Gasteiger partial charge in [0.2, 0.25) is 0 Å². The van der Waals surface area contributed by atoms with Gasteiger partial charge in [-0.25, -0.2) is 0 Å². The Morgan fingerprint density at radius 3 is 2.94 bits per heavy atom. The third-order valence-electron chi connectivity index (χ3n) is 3.14. The van der Waals surface area contributed by atoms with E-state index in [9.17, 15) is 0 Å². The SMILES string of the molecule is c1c[nH]c2c(c1)ccc1ncc3nccc3c12. The van der Waals surface area contributed by atoms with Crippen LogP contribution in [0.1, 0.15) is 0 Å². The van der Waals surface area contributed by atoms with Crippen molar-refractivity contribution in [2.24, 2.45) is 0 Å². The van der Waals surface area contributed by atoms with Crippen molar-refractivity contribution in [2.75, 3.05) is 0 Å². The van der Waals surface area contributed by atoms with Crippen molar-refractivity contribution >= 4 is 32.7 Å². The zero-order chi connectivity index (χ0) is 11.2. The Labute approximate surface area is 97.1 Å². The minimum Gasteiger partial charge on any atom is -0.361 e. The Hall–Kier alpha value is -2.42. The molecule has 4 aromatic rings. The van der Waals surface area contributed by atoms with Crippen molar-refractivity contribution in [3.8, 4) is 0 Å². The van der Waals surface area contributed by atoms with E-state index < -0.39 is 0 Å². The monoisotopic (exact) mass is 219 g/mol. The molecule has 0 aliphatic carbocycles. The van der Waals surface area contributed by atoms with E-state index in [0.29, 0.717) is 0 Å². The fourth-order valence-corrected chi connectivity index (χ4v) is 2.36. The van der Waals surface area contributed by atoms with Crippen LogP contribution in [0.5, 0.6) is 0 Å². The summed E-state index contributed by atoms with van der Waals surface area (Å²) in [5.74, 6) is 0. The van der Waals surface area contributed by atoms with E-state index in [1.165, 1.54) is 5.39 Å². The standard InChI is InChI=1S/C14H9N3/c1-2-9-3-4-11-13(14(9)16-6-1)10-5-7-15-12(10)8-17-11/h1-8,16H. The Bertz CT molecular complexity index is 846. The minimum absolute atomic E-state index is 0.947. The molecule has 0 bridgehead atoms. The molecule has 1 aromatic carbocycles. The second-order valence-corrected chi connectivity index (χ2v) is 4.10. The molecule has 0 unspecified atom stereocenters. The molecular formula is C14H9N3. The molecule has 80 valence electrons. The number of hydrogen-bond donors (Lipinski definition) is 1. The van der Waals surface area contributed by atoms with Crippen molar-refractivity contribution in [1.29, 1.82) is 0 Å². The van der Waals surface area contributed by atoms with Gasteiger partial charge in [0.1, 0.15) is 0 Å². The normalized spacial score (nSPS) is 11.5. The van der Waals surface area contributed by atoms with Crippen LogP contribution in [0.25, 0.3) is 32.7 Å². The number of rotatable bonds is 0. The molecule has 0 spiro atoms. The number of nitrogens with one attached hydrogen (secondary N) is 1. The number of nitrogens with zero attached hydrogens (tertiary/aromatic N) is 2. The van der Waals surface area contributed by atoms with Crippen molar-refractivity contribution in [3.63, 3.8) is 0 Å². The molecule has 4 rings (SSSR count). The quantitative estimate of drug-likeness (QED) is 0.461. The lowest BCUT2D eigenvalue weighted by molar-refractivity contribution is 1.39.